The number of nitrogens with zero attached hydrogens (tertiary/aromatic N) is 1. The predicted molar refractivity (Wildman–Crippen MR) is 79.0 cm³/mol. The first-order chi connectivity index (χ1) is 10.0. The number of carbonyl (C=O) groups excluding carboxylic acids is 2. The van der Waals surface area contributed by atoms with Gasteiger partial charge in [-0.25, -0.2) is 5.43 Å². The van der Waals surface area contributed by atoms with Crippen molar-refractivity contribution in [2.24, 2.45) is 16.9 Å². The highest BCUT2D eigenvalue weighted by atomic mass is 16.2. The van der Waals surface area contributed by atoms with E-state index in [0.717, 1.165) is 35.4 Å². The van der Waals surface area contributed by atoms with Gasteiger partial charge in [0.1, 0.15) is 0 Å². The van der Waals surface area contributed by atoms with Crippen molar-refractivity contribution in [1.82, 2.24) is 5.43 Å². The van der Waals surface area contributed by atoms with E-state index in [0.29, 0.717) is 0 Å². The van der Waals surface area contributed by atoms with Gasteiger partial charge in [-0.1, -0.05) is 13.0 Å². The molecule has 108 valence electrons. The lowest BCUT2D eigenvalue weighted by Crippen LogP contribution is -2.30. The van der Waals surface area contributed by atoms with Crippen molar-refractivity contribution >= 4 is 23.2 Å². The van der Waals surface area contributed by atoms with Crippen LogP contribution in [0.4, 0.5) is 5.69 Å². The van der Waals surface area contributed by atoms with Gasteiger partial charge in [-0.3, -0.25) is 9.59 Å². The highest BCUT2D eigenvalue weighted by Crippen LogP contribution is 2.45. The third kappa shape index (κ3) is 1.60. The molecule has 2 N–H and O–H groups in total. The molecular formula is C16H17N3O2. The van der Waals surface area contributed by atoms with Crippen molar-refractivity contribution in [3.05, 3.63) is 29.3 Å². The van der Waals surface area contributed by atoms with Crippen molar-refractivity contribution < 1.29 is 9.59 Å². The van der Waals surface area contributed by atoms with Crippen LogP contribution in [-0.4, -0.2) is 17.5 Å². The van der Waals surface area contributed by atoms with Gasteiger partial charge in [-0.2, -0.15) is 5.10 Å². The Morgan fingerprint density at radius 3 is 2.90 bits per heavy atom. The number of rotatable bonds is 2. The summed E-state index contributed by atoms with van der Waals surface area (Å²) in [5.74, 6) is 0.415. The molecule has 3 aliphatic rings. The number of hydrazone groups is 1. The van der Waals surface area contributed by atoms with Gasteiger partial charge >= 0.3 is 0 Å². The summed E-state index contributed by atoms with van der Waals surface area (Å²) in [6.45, 7) is 4.00. The summed E-state index contributed by atoms with van der Waals surface area (Å²) in [5.41, 5.74) is 6.00. The third-order valence-electron chi connectivity index (χ3n) is 5.13. The standard InChI is InChI=1S/C16H17N3O2/c1-3-16(2)11-6-8(4-5-12(11)17-15(16)21)13-9-7-10(9)14(20)19-18-13/h4-6,9-10H,3,7H2,1-2H3,(H,17,21)(H,19,20). The van der Waals surface area contributed by atoms with E-state index < -0.39 is 5.41 Å². The van der Waals surface area contributed by atoms with E-state index in [4.69, 9.17) is 0 Å². The Labute approximate surface area is 122 Å². The Hall–Kier alpha value is -2.17. The van der Waals surface area contributed by atoms with Crippen molar-refractivity contribution in [3.8, 4) is 0 Å². The molecule has 0 aromatic heterocycles. The number of anilines is 1. The molecule has 0 spiro atoms. The molecule has 1 fully saturated rings. The Balaban J connectivity index is 1.78. The van der Waals surface area contributed by atoms with Gasteiger partial charge in [0.05, 0.1) is 11.1 Å². The average molecular weight is 283 g/mol. The summed E-state index contributed by atoms with van der Waals surface area (Å²) < 4.78 is 0. The molecule has 2 aliphatic heterocycles. The van der Waals surface area contributed by atoms with Gasteiger partial charge in [0.15, 0.2) is 0 Å². The molecule has 1 aromatic rings. The third-order valence-corrected chi connectivity index (χ3v) is 5.13. The predicted octanol–water partition coefficient (Wildman–Crippen LogP) is 1.78. The Kier molecular flexibility index (Phi) is 2.35. The maximum Gasteiger partial charge on any atom is 0.243 e. The minimum absolute atomic E-state index is 0.0279. The second-order valence-corrected chi connectivity index (χ2v) is 6.32. The van der Waals surface area contributed by atoms with E-state index in [1.54, 1.807) is 0 Å². The lowest BCUT2D eigenvalue weighted by Gasteiger charge is -2.20. The van der Waals surface area contributed by atoms with E-state index in [1.807, 2.05) is 26.0 Å². The number of hydrogen-bond acceptors (Lipinski definition) is 3. The summed E-state index contributed by atoms with van der Waals surface area (Å²) in [7, 11) is 0. The molecule has 4 rings (SSSR count). The number of benzene rings is 1. The smallest absolute Gasteiger partial charge is 0.243 e. The SMILES string of the molecule is CCC1(C)C(=O)Nc2ccc(C3=NNC(=O)C4CC34)cc21. The van der Waals surface area contributed by atoms with Crippen molar-refractivity contribution in [3.63, 3.8) is 0 Å². The topological polar surface area (TPSA) is 70.6 Å². The fourth-order valence-electron chi connectivity index (χ4n) is 3.35. The van der Waals surface area contributed by atoms with E-state index in [1.165, 1.54) is 0 Å². The van der Waals surface area contributed by atoms with Crippen molar-refractivity contribution in [2.45, 2.75) is 32.1 Å². The largest absolute Gasteiger partial charge is 0.325 e. The fraction of sp³-hybridized carbons (Fsp3) is 0.438. The van der Waals surface area contributed by atoms with Crippen molar-refractivity contribution in [1.29, 1.82) is 0 Å². The normalized spacial score (nSPS) is 32.8. The van der Waals surface area contributed by atoms with Crippen LogP contribution in [0, 0.1) is 11.8 Å². The molecule has 1 aromatic carbocycles. The first-order valence-corrected chi connectivity index (χ1v) is 7.38. The summed E-state index contributed by atoms with van der Waals surface area (Å²) in [6, 6.07) is 5.98. The van der Waals surface area contributed by atoms with Crippen LogP contribution in [0.25, 0.3) is 0 Å². The van der Waals surface area contributed by atoms with Crippen molar-refractivity contribution in [2.75, 3.05) is 5.32 Å². The van der Waals surface area contributed by atoms with Crippen LogP contribution >= 0.6 is 0 Å². The summed E-state index contributed by atoms with van der Waals surface area (Å²) in [4.78, 5) is 23.7. The number of fused-ring (bicyclic) bond motifs is 2. The number of carbonyl (C=O) groups is 2. The molecule has 2 heterocycles. The van der Waals surface area contributed by atoms with Crippen LogP contribution in [0.15, 0.2) is 23.3 Å². The first-order valence-electron chi connectivity index (χ1n) is 7.38. The molecule has 3 atom stereocenters. The van der Waals surface area contributed by atoms with E-state index >= 15 is 0 Å². The van der Waals surface area contributed by atoms with E-state index in [9.17, 15) is 9.59 Å². The minimum atomic E-state index is -0.479. The van der Waals surface area contributed by atoms with E-state index in [2.05, 4.69) is 21.9 Å². The molecule has 0 bridgehead atoms. The molecule has 21 heavy (non-hydrogen) atoms. The number of hydrogen-bond donors (Lipinski definition) is 2. The highest BCUT2D eigenvalue weighted by Gasteiger charge is 2.50. The zero-order valence-corrected chi connectivity index (χ0v) is 12.1. The molecule has 1 saturated carbocycles. The second-order valence-electron chi connectivity index (χ2n) is 6.32. The van der Waals surface area contributed by atoms with Crippen LogP contribution in [0.3, 0.4) is 0 Å². The Bertz CT molecular complexity index is 709. The van der Waals surface area contributed by atoms with Crippen LogP contribution in [-0.2, 0) is 15.0 Å². The molecule has 3 unspecified atom stereocenters. The van der Waals surface area contributed by atoms with E-state index in [-0.39, 0.29) is 23.7 Å². The summed E-state index contributed by atoms with van der Waals surface area (Å²) >= 11 is 0. The maximum absolute atomic E-state index is 12.2. The van der Waals surface area contributed by atoms with Gasteiger partial charge in [-0.05, 0) is 43.0 Å². The van der Waals surface area contributed by atoms with Gasteiger partial charge in [0.2, 0.25) is 11.8 Å². The van der Waals surface area contributed by atoms with Crippen LogP contribution in [0.5, 0.6) is 0 Å². The minimum Gasteiger partial charge on any atom is -0.325 e. The van der Waals surface area contributed by atoms with Gasteiger partial charge in [0, 0.05) is 17.5 Å². The Morgan fingerprint density at radius 1 is 1.33 bits per heavy atom. The molecule has 5 nitrogen and oxygen atoms in total. The maximum atomic E-state index is 12.2. The summed E-state index contributed by atoms with van der Waals surface area (Å²) in [6.07, 6.45) is 1.63. The summed E-state index contributed by atoms with van der Waals surface area (Å²) in [5, 5.41) is 7.18. The quantitative estimate of drug-likeness (QED) is 0.868. The molecule has 1 aliphatic carbocycles. The lowest BCUT2D eigenvalue weighted by atomic mass is 9.80. The second kappa shape index (κ2) is 3.93. The Morgan fingerprint density at radius 2 is 2.14 bits per heavy atom. The highest BCUT2D eigenvalue weighted by molar-refractivity contribution is 6.11. The monoisotopic (exact) mass is 283 g/mol. The molecular weight excluding hydrogens is 266 g/mol. The molecule has 5 heteroatoms. The zero-order valence-electron chi connectivity index (χ0n) is 12.1. The fourth-order valence-corrected chi connectivity index (χ4v) is 3.35. The van der Waals surface area contributed by atoms with Crippen LogP contribution < -0.4 is 10.7 Å². The van der Waals surface area contributed by atoms with Gasteiger partial charge in [-0.15, -0.1) is 0 Å². The lowest BCUT2D eigenvalue weighted by molar-refractivity contribution is -0.122. The molecule has 2 amide bonds. The van der Waals surface area contributed by atoms with Crippen LogP contribution in [0.1, 0.15) is 37.8 Å². The average Bonchev–Trinajstić information content (AvgIpc) is 3.24. The zero-order chi connectivity index (χ0) is 14.8. The number of nitrogens with one attached hydrogen (secondary N) is 2. The first kappa shape index (κ1) is 12.6. The molecule has 0 radical (unpaired) electrons. The molecule has 0 saturated heterocycles. The van der Waals surface area contributed by atoms with Gasteiger partial charge < -0.3 is 5.32 Å². The van der Waals surface area contributed by atoms with Crippen LogP contribution in [0.2, 0.25) is 0 Å². The van der Waals surface area contributed by atoms with Gasteiger partial charge in [0.25, 0.3) is 0 Å². The number of amides is 2.